The number of amides is 2. The predicted molar refractivity (Wildman–Crippen MR) is 114 cm³/mol. The van der Waals surface area contributed by atoms with Crippen molar-refractivity contribution in [2.24, 2.45) is 16.5 Å². The van der Waals surface area contributed by atoms with Crippen LogP contribution in [0.5, 0.6) is 0 Å². The third kappa shape index (κ3) is 6.26. The fourth-order valence-corrected chi connectivity index (χ4v) is 4.18. The number of hydrogen-bond donors (Lipinski definition) is 4. The van der Waals surface area contributed by atoms with Crippen LogP contribution >= 0.6 is 11.3 Å². The Morgan fingerprint density at radius 3 is 2.72 bits per heavy atom. The van der Waals surface area contributed by atoms with E-state index in [0.29, 0.717) is 30.5 Å². The maximum absolute atomic E-state index is 11.7. The number of hydrogen-bond acceptors (Lipinski definition) is 6. The zero-order chi connectivity index (χ0) is 20.8. The zero-order valence-corrected chi connectivity index (χ0v) is 17.1. The van der Waals surface area contributed by atoms with Crippen molar-refractivity contribution in [3.05, 3.63) is 40.4 Å². The Morgan fingerprint density at radius 1 is 1.31 bits per heavy atom. The van der Waals surface area contributed by atoms with Gasteiger partial charge in [0, 0.05) is 31.4 Å². The van der Waals surface area contributed by atoms with Gasteiger partial charge in [-0.15, -0.1) is 11.3 Å². The molecule has 10 heteroatoms. The molecule has 154 valence electrons. The van der Waals surface area contributed by atoms with E-state index in [-0.39, 0.29) is 17.8 Å². The number of nitrogens with zero attached hydrogens (tertiary/aromatic N) is 3. The van der Waals surface area contributed by atoms with Crippen LogP contribution in [-0.4, -0.2) is 47.3 Å². The van der Waals surface area contributed by atoms with Gasteiger partial charge in [-0.2, -0.15) is 0 Å². The predicted octanol–water partition coefficient (Wildman–Crippen LogP) is 0.723. The quantitative estimate of drug-likeness (QED) is 0.388. The summed E-state index contributed by atoms with van der Waals surface area (Å²) in [7, 11) is 0. The number of carbonyl (C=O) groups excluding carboxylic acids is 2. The van der Waals surface area contributed by atoms with Gasteiger partial charge < -0.3 is 22.1 Å². The SMILES string of the molecule is CC(=O)Nc1nc(CCc2ccc(N=C(N)N)cc2)c(CN2CCNC(=O)C2)s1. The second-order valence-electron chi connectivity index (χ2n) is 6.83. The molecular weight excluding hydrogens is 390 g/mol. The summed E-state index contributed by atoms with van der Waals surface area (Å²) in [4.78, 5) is 34.9. The lowest BCUT2D eigenvalue weighted by Crippen LogP contribution is -2.47. The van der Waals surface area contributed by atoms with Crippen LogP contribution in [0.1, 0.15) is 23.1 Å². The van der Waals surface area contributed by atoms with Crippen LogP contribution in [0.15, 0.2) is 29.3 Å². The fraction of sp³-hybridized carbons (Fsp3) is 0.368. The standard InChI is InChI=1S/C19H25N7O2S/c1-12(27)23-19-25-15(16(29-19)10-26-9-8-22-17(28)11-26)7-4-13-2-5-14(6-3-13)24-18(20)21/h2-3,5-6H,4,7-11H2,1H3,(H,22,28)(H4,20,21,24)(H,23,25,27). The van der Waals surface area contributed by atoms with Gasteiger partial charge >= 0.3 is 0 Å². The number of thiazole rings is 1. The highest BCUT2D eigenvalue weighted by Gasteiger charge is 2.20. The highest BCUT2D eigenvalue weighted by atomic mass is 32.1. The van der Waals surface area contributed by atoms with Gasteiger partial charge in [0.25, 0.3) is 0 Å². The maximum atomic E-state index is 11.7. The topological polar surface area (TPSA) is 139 Å². The van der Waals surface area contributed by atoms with E-state index in [2.05, 4.69) is 25.5 Å². The molecule has 1 aliphatic rings. The molecule has 1 fully saturated rings. The number of benzene rings is 1. The van der Waals surface area contributed by atoms with Gasteiger partial charge in [0.15, 0.2) is 11.1 Å². The molecular formula is C19H25N7O2S. The van der Waals surface area contributed by atoms with Gasteiger partial charge in [0.05, 0.1) is 17.9 Å². The van der Waals surface area contributed by atoms with E-state index in [1.165, 1.54) is 18.3 Å². The highest BCUT2D eigenvalue weighted by Crippen LogP contribution is 2.26. The molecule has 0 bridgehead atoms. The summed E-state index contributed by atoms with van der Waals surface area (Å²) in [5.41, 5.74) is 13.6. The monoisotopic (exact) mass is 415 g/mol. The number of piperazine rings is 1. The normalized spacial score (nSPS) is 14.3. The van der Waals surface area contributed by atoms with Gasteiger partial charge in [-0.05, 0) is 30.5 Å². The number of aryl methyl sites for hydroxylation is 2. The highest BCUT2D eigenvalue weighted by molar-refractivity contribution is 7.15. The lowest BCUT2D eigenvalue weighted by atomic mass is 10.1. The first-order valence-electron chi connectivity index (χ1n) is 9.33. The number of aromatic nitrogens is 1. The Morgan fingerprint density at radius 2 is 2.07 bits per heavy atom. The summed E-state index contributed by atoms with van der Waals surface area (Å²) in [6.45, 7) is 3.93. The minimum Gasteiger partial charge on any atom is -0.370 e. The smallest absolute Gasteiger partial charge is 0.234 e. The number of anilines is 1. The molecule has 0 atom stereocenters. The number of rotatable bonds is 7. The first kappa shape index (κ1) is 20.7. The van der Waals surface area contributed by atoms with Gasteiger partial charge in [-0.25, -0.2) is 9.98 Å². The summed E-state index contributed by atoms with van der Waals surface area (Å²) < 4.78 is 0. The van der Waals surface area contributed by atoms with Crippen molar-refractivity contribution in [3.8, 4) is 0 Å². The van der Waals surface area contributed by atoms with Gasteiger partial charge in [-0.1, -0.05) is 12.1 Å². The van der Waals surface area contributed by atoms with Crippen molar-refractivity contribution in [2.75, 3.05) is 25.0 Å². The molecule has 29 heavy (non-hydrogen) atoms. The summed E-state index contributed by atoms with van der Waals surface area (Å²) in [5, 5.41) is 6.19. The molecule has 1 aliphatic heterocycles. The molecule has 1 aromatic carbocycles. The van der Waals surface area contributed by atoms with E-state index in [1.807, 2.05) is 24.3 Å². The largest absolute Gasteiger partial charge is 0.370 e. The molecule has 9 nitrogen and oxygen atoms in total. The Labute approximate surface area is 173 Å². The molecule has 0 unspecified atom stereocenters. The third-order valence-corrected chi connectivity index (χ3v) is 5.39. The molecule has 2 aromatic rings. The fourth-order valence-electron chi connectivity index (χ4n) is 3.08. The van der Waals surface area contributed by atoms with E-state index in [0.717, 1.165) is 35.5 Å². The lowest BCUT2D eigenvalue weighted by Gasteiger charge is -2.26. The van der Waals surface area contributed by atoms with Gasteiger partial charge in [0.2, 0.25) is 11.8 Å². The van der Waals surface area contributed by atoms with Crippen LogP contribution in [-0.2, 0) is 29.0 Å². The number of carbonyl (C=O) groups is 2. The third-order valence-electron chi connectivity index (χ3n) is 4.39. The molecule has 1 aromatic heterocycles. The maximum Gasteiger partial charge on any atom is 0.234 e. The zero-order valence-electron chi connectivity index (χ0n) is 16.3. The molecule has 0 spiro atoms. The minimum absolute atomic E-state index is 0.0294. The average Bonchev–Trinajstić information content (AvgIpc) is 3.01. The molecule has 2 heterocycles. The van der Waals surface area contributed by atoms with Crippen LogP contribution < -0.4 is 22.1 Å². The first-order valence-corrected chi connectivity index (χ1v) is 10.1. The second kappa shape index (κ2) is 9.48. The Bertz CT molecular complexity index is 904. The number of aliphatic imine (C=N–C) groups is 1. The lowest BCUT2D eigenvalue weighted by molar-refractivity contribution is -0.124. The molecule has 6 N–H and O–H groups in total. The van der Waals surface area contributed by atoms with Crippen LogP contribution in [0.3, 0.4) is 0 Å². The number of guanidine groups is 1. The molecule has 0 saturated carbocycles. The van der Waals surface area contributed by atoms with Crippen LogP contribution in [0.4, 0.5) is 10.8 Å². The Kier molecular flexibility index (Phi) is 6.78. The van der Waals surface area contributed by atoms with Crippen molar-refractivity contribution < 1.29 is 9.59 Å². The molecule has 3 rings (SSSR count). The average molecular weight is 416 g/mol. The van der Waals surface area contributed by atoms with Crippen molar-refractivity contribution in [3.63, 3.8) is 0 Å². The molecule has 0 aliphatic carbocycles. The molecule has 2 amide bonds. The summed E-state index contributed by atoms with van der Waals surface area (Å²) in [5.74, 6) is -0.0865. The van der Waals surface area contributed by atoms with Crippen molar-refractivity contribution in [1.29, 1.82) is 0 Å². The second-order valence-corrected chi connectivity index (χ2v) is 7.92. The molecule has 1 saturated heterocycles. The van der Waals surface area contributed by atoms with Gasteiger partial charge in [-0.3, -0.25) is 14.5 Å². The molecule has 0 radical (unpaired) electrons. The van der Waals surface area contributed by atoms with Gasteiger partial charge in [0.1, 0.15) is 0 Å². The number of nitrogens with one attached hydrogen (secondary N) is 2. The Balaban J connectivity index is 1.70. The van der Waals surface area contributed by atoms with Crippen LogP contribution in [0.25, 0.3) is 0 Å². The van der Waals surface area contributed by atoms with Crippen LogP contribution in [0, 0.1) is 0 Å². The van der Waals surface area contributed by atoms with Crippen LogP contribution in [0.2, 0.25) is 0 Å². The first-order chi connectivity index (χ1) is 13.9. The Hall–Kier alpha value is -2.98. The van der Waals surface area contributed by atoms with E-state index >= 15 is 0 Å². The van der Waals surface area contributed by atoms with Crippen molar-refractivity contribution in [2.45, 2.75) is 26.3 Å². The van der Waals surface area contributed by atoms with Crippen molar-refractivity contribution >= 4 is 39.9 Å². The van der Waals surface area contributed by atoms with E-state index < -0.39 is 0 Å². The van der Waals surface area contributed by atoms with E-state index in [9.17, 15) is 9.59 Å². The van der Waals surface area contributed by atoms with Crippen molar-refractivity contribution in [1.82, 2.24) is 15.2 Å². The van der Waals surface area contributed by atoms with E-state index in [1.54, 1.807) is 0 Å². The minimum atomic E-state index is -0.149. The summed E-state index contributed by atoms with van der Waals surface area (Å²) in [6.07, 6.45) is 1.52. The summed E-state index contributed by atoms with van der Waals surface area (Å²) in [6, 6.07) is 7.70. The summed E-state index contributed by atoms with van der Waals surface area (Å²) >= 11 is 1.47. The van der Waals surface area contributed by atoms with E-state index in [4.69, 9.17) is 11.5 Å². The number of nitrogens with two attached hydrogens (primary N) is 2.